The van der Waals surface area contributed by atoms with Gasteiger partial charge in [-0.3, -0.25) is 14.9 Å². The highest BCUT2D eigenvalue weighted by molar-refractivity contribution is 6.74. The van der Waals surface area contributed by atoms with E-state index in [1.54, 1.807) is 6.07 Å². The van der Waals surface area contributed by atoms with Crippen LogP contribution in [0.2, 0.25) is 18.1 Å². The van der Waals surface area contributed by atoms with Crippen molar-refractivity contribution in [2.75, 3.05) is 0 Å². The topological polar surface area (TPSA) is 89.7 Å². The van der Waals surface area contributed by atoms with Gasteiger partial charge in [-0.1, -0.05) is 26.8 Å². The van der Waals surface area contributed by atoms with Crippen molar-refractivity contribution in [2.45, 2.75) is 45.3 Å². The molecule has 0 radical (unpaired) electrons. The highest BCUT2D eigenvalue weighted by Crippen LogP contribution is 2.40. The summed E-state index contributed by atoms with van der Waals surface area (Å²) in [5.74, 6) is -0.817. The van der Waals surface area contributed by atoms with E-state index < -0.39 is 19.2 Å². The largest absolute Gasteiger partial charge is 0.539 e. The third-order valence-electron chi connectivity index (χ3n) is 3.75. The number of nitro groups is 1. The molecule has 0 saturated heterocycles. The fraction of sp³-hybridized carbons (Fsp3) is 0.500. The van der Waals surface area contributed by atoms with E-state index in [-0.39, 0.29) is 22.9 Å². The molecule has 0 bridgehead atoms. The first-order chi connectivity index (χ1) is 9.44. The average Bonchev–Trinajstić information content (AvgIpc) is 2.28. The Labute approximate surface area is 125 Å². The van der Waals surface area contributed by atoms with Gasteiger partial charge in [0.1, 0.15) is 0 Å². The molecule has 0 aromatic heterocycles. The lowest BCUT2D eigenvalue weighted by molar-refractivity contribution is -0.385. The van der Waals surface area contributed by atoms with Crippen LogP contribution < -0.4 is 4.43 Å². The maximum Gasteiger partial charge on any atom is 0.309 e. The summed E-state index contributed by atoms with van der Waals surface area (Å²) in [4.78, 5) is 21.4. The smallest absolute Gasteiger partial charge is 0.309 e. The summed E-state index contributed by atoms with van der Waals surface area (Å²) in [5.41, 5.74) is 0.204. The van der Waals surface area contributed by atoms with Crippen LogP contribution in [0.15, 0.2) is 18.2 Å². The van der Waals surface area contributed by atoms with Crippen LogP contribution >= 0.6 is 0 Å². The number of hydrogen-bond acceptors (Lipinski definition) is 4. The molecule has 0 aliphatic carbocycles. The quantitative estimate of drug-likeness (QED) is 0.509. The Bertz CT molecular complexity index is 563. The molecule has 0 saturated carbocycles. The second kappa shape index (κ2) is 5.85. The zero-order valence-corrected chi connectivity index (χ0v) is 14.0. The molecule has 1 rings (SSSR count). The molecule has 0 fully saturated rings. The van der Waals surface area contributed by atoms with Crippen molar-refractivity contribution in [1.29, 1.82) is 0 Å². The van der Waals surface area contributed by atoms with Crippen LogP contribution in [-0.2, 0) is 11.2 Å². The highest BCUT2D eigenvalue weighted by atomic mass is 28.4. The molecule has 21 heavy (non-hydrogen) atoms. The van der Waals surface area contributed by atoms with Crippen LogP contribution in [0.3, 0.4) is 0 Å². The van der Waals surface area contributed by atoms with Gasteiger partial charge in [0.15, 0.2) is 5.75 Å². The normalized spacial score (nSPS) is 12.0. The van der Waals surface area contributed by atoms with E-state index >= 15 is 0 Å². The lowest BCUT2D eigenvalue weighted by Crippen LogP contribution is -2.44. The maximum absolute atomic E-state index is 11.2. The molecule has 0 unspecified atom stereocenters. The molecule has 0 aliphatic heterocycles. The van der Waals surface area contributed by atoms with Gasteiger partial charge in [0, 0.05) is 6.07 Å². The van der Waals surface area contributed by atoms with Crippen molar-refractivity contribution in [3.63, 3.8) is 0 Å². The van der Waals surface area contributed by atoms with Crippen molar-refractivity contribution in [1.82, 2.24) is 0 Å². The molecular formula is C14H21NO5Si. The van der Waals surface area contributed by atoms with Gasteiger partial charge in [-0.25, -0.2) is 0 Å². The Morgan fingerprint density at radius 1 is 1.38 bits per heavy atom. The van der Waals surface area contributed by atoms with E-state index in [4.69, 9.17) is 9.53 Å². The van der Waals surface area contributed by atoms with Gasteiger partial charge in [0.2, 0.25) is 0 Å². The zero-order valence-electron chi connectivity index (χ0n) is 13.0. The fourth-order valence-electron chi connectivity index (χ4n) is 1.50. The van der Waals surface area contributed by atoms with E-state index in [9.17, 15) is 14.9 Å². The summed E-state index contributed by atoms with van der Waals surface area (Å²) >= 11 is 0. The predicted octanol–water partition coefficient (Wildman–Crippen LogP) is 3.61. The molecule has 1 N–H and O–H groups in total. The number of hydrogen-bond donors (Lipinski definition) is 1. The van der Waals surface area contributed by atoms with E-state index in [0.717, 1.165) is 0 Å². The van der Waals surface area contributed by atoms with Gasteiger partial charge in [0.25, 0.3) is 8.32 Å². The number of carboxylic acid groups (broad SMARTS) is 1. The summed E-state index contributed by atoms with van der Waals surface area (Å²) in [6, 6.07) is 4.33. The predicted molar refractivity (Wildman–Crippen MR) is 82.3 cm³/mol. The molecule has 6 nitrogen and oxygen atoms in total. The van der Waals surface area contributed by atoms with Gasteiger partial charge < -0.3 is 9.53 Å². The molecule has 7 heteroatoms. The molecule has 0 aliphatic rings. The number of aliphatic carboxylic acids is 1. The van der Waals surface area contributed by atoms with Crippen LogP contribution in [0.1, 0.15) is 26.3 Å². The van der Waals surface area contributed by atoms with E-state index in [2.05, 4.69) is 0 Å². The summed E-state index contributed by atoms with van der Waals surface area (Å²) in [7, 11) is -2.19. The third kappa shape index (κ3) is 4.29. The minimum absolute atomic E-state index is 0.0827. The molecule has 0 heterocycles. The SMILES string of the molecule is CC(C)(C)[Si](C)(C)Oc1ccc(CC(=O)O)cc1[N+](=O)[O-]. The second-order valence-electron chi connectivity index (χ2n) is 6.49. The molecule has 1 aromatic carbocycles. The first-order valence-corrected chi connectivity index (χ1v) is 9.53. The Morgan fingerprint density at radius 3 is 2.38 bits per heavy atom. The number of nitrogens with zero attached hydrogens (tertiary/aromatic N) is 1. The van der Waals surface area contributed by atoms with Crippen molar-refractivity contribution in [2.24, 2.45) is 0 Å². The van der Waals surface area contributed by atoms with Crippen molar-refractivity contribution >= 4 is 20.0 Å². The monoisotopic (exact) mass is 311 g/mol. The molecule has 0 amide bonds. The Kier molecular flexibility index (Phi) is 4.78. The Morgan fingerprint density at radius 2 is 1.95 bits per heavy atom. The van der Waals surface area contributed by atoms with E-state index in [1.807, 2.05) is 33.9 Å². The van der Waals surface area contributed by atoms with Gasteiger partial charge in [-0.15, -0.1) is 0 Å². The first-order valence-electron chi connectivity index (χ1n) is 6.62. The van der Waals surface area contributed by atoms with E-state index in [1.165, 1.54) is 12.1 Å². The zero-order chi connectivity index (χ0) is 16.4. The fourth-order valence-corrected chi connectivity index (χ4v) is 2.53. The third-order valence-corrected chi connectivity index (χ3v) is 8.09. The molecular weight excluding hydrogens is 290 g/mol. The average molecular weight is 311 g/mol. The van der Waals surface area contributed by atoms with Crippen molar-refractivity contribution in [3.05, 3.63) is 33.9 Å². The number of rotatable bonds is 5. The minimum Gasteiger partial charge on any atom is -0.539 e. The minimum atomic E-state index is -2.19. The Balaban J connectivity index is 3.19. The standard InChI is InChI=1S/C14H21NO5Si/c1-14(2,3)21(4,5)20-12-7-6-10(9-13(16)17)8-11(12)15(18)19/h6-8H,9H2,1-5H3,(H,16,17). The molecule has 0 spiro atoms. The van der Waals surface area contributed by atoms with Crippen LogP contribution in [0, 0.1) is 10.1 Å². The van der Waals surface area contributed by atoms with Gasteiger partial charge >= 0.3 is 11.7 Å². The second-order valence-corrected chi connectivity index (χ2v) is 11.2. The van der Waals surface area contributed by atoms with Gasteiger partial charge in [-0.2, -0.15) is 0 Å². The summed E-state index contributed by atoms with van der Waals surface area (Å²) in [6.45, 7) is 10.1. The lowest BCUT2D eigenvalue weighted by Gasteiger charge is -2.36. The van der Waals surface area contributed by atoms with Crippen molar-refractivity contribution < 1.29 is 19.3 Å². The number of nitro benzene ring substituents is 1. The number of carbonyl (C=O) groups is 1. The van der Waals surface area contributed by atoms with Crippen LogP contribution in [-0.4, -0.2) is 24.3 Å². The first kappa shape index (κ1) is 17.2. The molecule has 0 atom stereocenters. The van der Waals surface area contributed by atoms with Crippen molar-refractivity contribution in [3.8, 4) is 5.75 Å². The summed E-state index contributed by atoms with van der Waals surface area (Å²) in [6.07, 6.45) is -0.249. The number of benzene rings is 1. The molecule has 116 valence electrons. The van der Waals surface area contributed by atoms with Crippen LogP contribution in [0.4, 0.5) is 5.69 Å². The molecule has 1 aromatic rings. The lowest BCUT2D eigenvalue weighted by atomic mass is 10.1. The summed E-state index contributed by atoms with van der Waals surface area (Å²) < 4.78 is 5.97. The number of carboxylic acids is 1. The van der Waals surface area contributed by atoms with Gasteiger partial charge in [0.05, 0.1) is 11.3 Å². The van der Waals surface area contributed by atoms with E-state index in [0.29, 0.717) is 5.56 Å². The van der Waals surface area contributed by atoms with Gasteiger partial charge in [-0.05, 0) is 29.8 Å². The van der Waals surface area contributed by atoms with Crippen LogP contribution in [0.25, 0.3) is 0 Å². The van der Waals surface area contributed by atoms with Crippen LogP contribution in [0.5, 0.6) is 5.75 Å². The summed E-state index contributed by atoms with van der Waals surface area (Å²) in [5, 5.41) is 19.9. The Hall–Kier alpha value is -1.89. The highest BCUT2D eigenvalue weighted by Gasteiger charge is 2.40. The maximum atomic E-state index is 11.2.